The van der Waals surface area contributed by atoms with Gasteiger partial charge in [-0.3, -0.25) is 10.1 Å². The highest BCUT2D eigenvalue weighted by atomic mass is 32.2. The topological polar surface area (TPSA) is 93.7 Å². The quantitative estimate of drug-likeness (QED) is 0.704. The van der Waals surface area contributed by atoms with Crippen LogP contribution in [0.15, 0.2) is 24.3 Å². The van der Waals surface area contributed by atoms with E-state index in [1.807, 2.05) is 6.26 Å². The second kappa shape index (κ2) is 10.1. The molecule has 0 saturated heterocycles. The van der Waals surface area contributed by atoms with Crippen LogP contribution >= 0.6 is 11.8 Å². The van der Waals surface area contributed by atoms with Gasteiger partial charge in [-0.1, -0.05) is 0 Å². The van der Waals surface area contributed by atoms with Crippen molar-refractivity contribution < 1.29 is 23.9 Å². The molecule has 0 heterocycles. The number of nitrogens with one attached hydrogen (secondary N) is 2. The van der Waals surface area contributed by atoms with E-state index >= 15 is 0 Å². The lowest BCUT2D eigenvalue weighted by atomic mass is 10.1. The third-order valence-corrected chi connectivity index (χ3v) is 3.84. The molecule has 7 nitrogen and oxygen atoms in total. The number of amides is 2. The number of methoxy groups -OCH3 is 1. The minimum Gasteiger partial charge on any atom is -0.467 e. The molecule has 0 aliphatic heterocycles. The molecule has 0 aliphatic carbocycles. The zero-order chi connectivity index (χ0) is 19.7. The zero-order valence-corrected chi connectivity index (χ0v) is 16.6. The Morgan fingerprint density at radius 3 is 2.27 bits per heavy atom. The Labute approximate surface area is 158 Å². The van der Waals surface area contributed by atoms with Gasteiger partial charge in [0.05, 0.1) is 7.11 Å². The van der Waals surface area contributed by atoms with Crippen LogP contribution in [0.25, 0.3) is 0 Å². The number of ether oxygens (including phenoxy) is 2. The predicted molar refractivity (Wildman–Crippen MR) is 103 cm³/mol. The lowest BCUT2D eigenvalue weighted by Crippen LogP contribution is -2.41. The Kier molecular flexibility index (Phi) is 8.44. The van der Waals surface area contributed by atoms with E-state index in [0.717, 1.165) is 5.75 Å². The summed E-state index contributed by atoms with van der Waals surface area (Å²) in [7, 11) is 1.29. The van der Waals surface area contributed by atoms with Gasteiger partial charge in [0.15, 0.2) is 0 Å². The fraction of sp³-hybridized carbons (Fsp3) is 0.500. The Balaban J connectivity index is 2.70. The van der Waals surface area contributed by atoms with Gasteiger partial charge in [-0.15, -0.1) is 0 Å². The smallest absolute Gasteiger partial charge is 0.412 e. The number of anilines is 1. The highest BCUT2D eigenvalue weighted by Crippen LogP contribution is 2.13. The second-order valence-corrected chi connectivity index (χ2v) is 7.52. The molecule has 144 valence electrons. The second-order valence-electron chi connectivity index (χ2n) is 6.53. The third kappa shape index (κ3) is 7.77. The average Bonchev–Trinajstić information content (AvgIpc) is 2.56. The molecule has 1 atom stereocenters. The lowest BCUT2D eigenvalue weighted by molar-refractivity contribution is -0.142. The largest absolute Gasteiger partial charge is 0.467 e. The van der Waals surface area contributed by atoms with Gasteiger partial charge >= 0.3 is 12.1 Å². The van der Waals surface area contributed by atoms with E-state index in [0.29, 0.717) is 17.7 Å². The van der Waals surface area contributed by atoms with E-state index in [1.165, 1.54) is 7.11 Å². The molecule has 1 rings (SSSR count). The number of rotatable bonds is 7. The summed E-state index contributed by atoms with van der Waals surface area (Å²) in [5.41, 5.74) is 0.282. The summed E-state index contributed by atoms with van der Waals surface area (Å²) in [6, 6.07) is 5.61. The summed E-state index contributed by atoms with van der Waals surface area (Å²) in [4.78, 5) is 35.8. The minimum absolute atomic E-state index is 0.373. The van der Waals surface area contributed by atoms with E-state index in [4.69, 9.17) is 9.47 Å². The van der Waals surface area contributed by atoms with Crippen molar-refractivity contribution in [2.45, 2.75) is 38.8 Å². The van der Waals surface area contributed by atoms with Crippen LogP contribution in [-0.4, -0.2) is 48.7 Å². The Morgan fingerprint density at radius 2 is 1.77 bits per heavy atom. The molecule has 0 unspecified atom stereocenters. The summed E-state index contributed by atoms with van der Waals surface area (Å²) in [5, 5.41) is 5.26. The van der Waals surface area contributed by atoms with Crippen molar-refractivity contribution in [3.8, 4) is 0 Å². The van der Waals surface area contributed by atoms with Gasteiger partial charge in [-0.2, -0.15) is 11.8 Å². The Morgan fingerprint density at radius 1 is 1.15 bits per heavy atom. The SMILES string of the molecule is COC(=O)[C@H](CCSC)NC(=O)c1ccc(NC(=O)OC(C)(C)C)cc1. The van der Waals surface area contributed by atoms with Crippen molar-refractivity contribution in [1.29, 1.82) is 0 Å². The van der Waals surface area contributed by atoms with E-state index in [9.17, 15) is 14.4 Å². The number of hydrogen-bond acceptors (Lipinski definition) is 6. The number of hydrogen-bond donors (Lipinski definition) is 2. The van der Waals surface area contributed by atoms with Gasteiger partial charge in [0.2, 0.25) is 0 Å². The summed E-state index contributed by atoms with van der Waals surface area (Å²) in [6.07, 6.45) is 1.84. The molecule has 0 fully saturated rings. The standard InChI is InChI=1S/C18H26N2O5S/c1-18(2,3)25-17(23)19-13-8-6-12(7-9-13)15(21)20-14(10-11-26-5)16(22)24-4/h6-9,14H,10-11H2,1-5H3,(H,19,23)(H,20,21)/t14-/m0/s1. The first-order valence-corrected chi connectivity index (χ1v) is 9.53. The highest BCUT2D eigenvalue weighted by molar-refractivity contribution is 7.98. The fourth-order valence-electron chi connectivity index (χ4n) is 1.99. The van der Waals surface area contributed by atoms with Crippen LogP contribution in [0.3, 0.4) is 0 Å². The van der Waals surface area contributed by atoms with Crippen LogP contribution < -0.4 is 10.6 Å². The molecule has 0 bridgehead atoms. The molecule has 26 heavy (non-hydrogen) atoms. The molecule has 0 aromatic heterocycles. The zero-order valence-electron chi connectivity index (χ0n) is 15.8. The number of carbonyl (C=O) groups is 3. The molecule has 0 saturated carbocycles. The van der Waals surface area contributed by atoms with E-state index in [-0.39, 0.29) is 5.91 Å². The van der Waals surface area contributed by atoms with Gasteiger partial charge in [0.1, 0.15) is 11.6 Å². The molecular weight excluding hydrogens is 356 g/mol. The molecule has 1 aromatic carbocycles. The molecule has 8 heteroatoms. The fourth-order valence-corrected chi connectivity index (χ4v) is 2.47. The number of esters is 1. The maximum Gasteiger partial charge on any atom is 0.412 e. The van der Waals surface area contributed by atoms with Crippen LogP contribution in [0, 0.1) is 0 Å². The third-order valence-electron chi connectivity index (χ3n) is 3.19. The van der Waals surface area contributed by atoms with Crippen LogP contribution in [0.4, 0.5) is 10.5 Å². The molecule has 2 N–H and O–H groups in total. The lowest BCUT2D eigenvalue weighted by Gasteiger charge is -2.19. The summed E-state index contributed by atoms with van der Waals surface area (Å²) in [6.45, 7) is 5.32. The van der Waals surface area contributed by atoms with E-state index in [2.05, 4.69) is 10.6 Å². The number of thioether (sulfide) groups is 1. The van der Waals surface area contributed by atoms with Crippen LogP contribution in [0.5, 0.6) is 0 Å². The average molecular weight is 382 g/mol. The van der Waals surface area contributed by atoms with Crippen LogP contribution in [0.2, 0.25) is 0 Å². The van der Waals surface area contributed by atoms with Gasteiger partial charge in [-0.25, -0.2) is 9.59 Å². The maximum atomic E-state index is 12.3. The summed E-state index contributed by atoms with van der Waals surface area (Å²) >= 11 is 1.58. The molecule has 0 radical (unpaired) electrons. The van der Waals surface area contributed by atoms with E-state index < -0.39 is 23.7 Å². The van der Waals surface area contributed by atoms with Crippen molar-refractivity contribution >= 4 is 35.4 Å². The maximum absolute atomic E-state index is 12.3. The van der Waals surface area contributed by atoms with Gasteiger partial charge < -0.3 is 14.8 Å². The molecule has 0 aliphatic rings. The van der Waals surface area contributed by atoms with Crippen molar-refractivity contribution in [2.24, 2.45) is 0 Å². The monoisotopic (exact) mass is 382 g/mol. The first-order valence-electron chi connectivity index (χ1n) is 8.14. The molecular formula is C18H26N2O5S. The van der Waals surface area contributed by atoms with Gasteiger partial charge in [-0.05, 0) is 63.5 Å². The summed E-state index contributed by atoms with van der Waals surface area (Å²) in [5.74, 6) is -0.139. The first-order chi connectivity index (χ1) is 12.2. The summed E-state index contributed by atoms with van der Waals surface area (Å²) < 4.78 is 9.89. The predicted octanol–water partition coefficient (Wildman–Crippen LogP) is 3.06. The van der Waals surface area contributed by atoms with Crippen molar-refractivity contribution in [3.05, 3.63) is 29.8 Å². The van der Waals surface area contributed by atoms with Crippen LogP contribution in [0.1, 0.15) is 37.6 Å². The molecule has 2 amide bonds. The van der Waals surface area contributed by atoms with Crippen molar-refractivity contribution in [1.82, 2.24) is 5.32 Å². The first kappa shape index (κ1) is 21.8. The number of carbonyl (C=O) groups excluding carboxylic acids is 3. The van der Waals surface area contributed by atoms with Crippen molar-refractivity contribution in [2.75, 3.05) is 24.4 Å². The Bertz CT molecular complexity index is 625. The number of benzene rings is 1. The normalized spacial score (nSPS) is 12.0. The van der Waals surface area contributed by atoms with Gasteiger partial charge in [0, 0.05) is 11.3 Å². The molecule has 1 aromatic rings. The minimum atomic E-state index is -0.695. The van der Waals surface area contributed by atoms with Gasteiger partial charge in [0.25, 0.3) is 5.91 Å². The molecule has 0 spiro atoms. The van der Waals surface area contributed by atoms with E-state index in [1.54, 1.807) is 56.8 Å². The van der Waals surface area contributed by atoms with Crippen molar-refractivity contribution in [3.63, 3.8) is 0 Å². The Hall–Kier alpha value is -2.22. The highest BCUT2D eigenvalue weighted by Gasteiger charge is 2.22. The van der Waals surface area contributed by atoms with Crippen LogP contribution in [-0.2, 0) is 14.3 Å².